The zero-order chi connectivity index (χ0) is 17.9. The molecule has 1 saturated heterocycles. The summed E-state index contributed by atoms with van der Waals surface area (Å²) >= 11 is 0. The van der Waals surface area contributed by atoms with Crippen LogP contribution in [0.5, 0.6) is 0 Å². The molecule has 9 heteroatoms. The van der Waals surface area contributed by atoms with Crippen molar-refractivity contribution < 1.29 is 0 Å². The van der Waals surface area contributed by atoms with E-state index in [9.17, 15) is 0 Å². The van der Waals surface area contributed by atoms with Crippen LogP contribution in [-0.4, -0.2) is 50.9 Å². The number of nitrogens with zero attached hydrogens (tertiary/aromatic N) is 6. The smallest absolute Gasteiger partial charge is 0.192 e. The van der Waals surface area contributed by atoms with Crippen LogP contribution >= 0.6 is 24.0 Å². The van der Waals surface area contributed by atoms with E-state index in [-0.39, 0.29) is 24.0 Å². The van der Waals surface area contributed by atoms with Crippen LogP contribution in [-0.2, 0) is 13.6 Å². The number of hydrogen-bond donors (Lipinski definition) is 2. The highest BCUT2D eigenvalue weighted by molar-refractivity contribution is 14.0. The minimum absolute atomic E-state index is 0. The summed E-state index contributed by atoms with van der Waals surface area (Å²) in [4.78, 5) is 11.5. The summed E-state index contributed by atoms with van der Waals surface area (Å²) in [7, 11) is 1.98. The van der Waals surface area contributed by atoms with Gasteiger partial charge < -0.3 is 20.1 Å². The monoisotopic (exact) mass is 482 g/mol. The lowest BCUT2D eigenvalue weighted by molar-refractivity contribution is 0.642. The number of hydrogen-bond acceptors (Lipinski definition) is 5. The minimum Gasteiger partial charge on any atom is -0.354 e. The Kier molecular flexibility index (Phi) is 6.51. The van der Waals surface area contributed by atoms with Crippen molar-refractivity contribution in [2.45, 2.75) is 44.8 Å². The van der Waals surface area contributed by atoms with Crippen molar-refractivity contribution in [3.8, 4) is 0 Å². The fourth-order valence-electron chi connectivity index (χ4n) is 3.11. The highest BCUT2D eigenvalue weighted by atomic mass is 127. The van der Waals surface area contributed by atoms with Crippen molar-refractivity contribution in [1.29, 1.82) is 0 Å². The van der Waals surface area contributed by atoms with Crippen LogP contribution in [0.2, 0.25) is 0 Å². The molecule has 0 bridgehead atoms. The first-order valence-corrected chi connectivity index (χ1v) is 9.27. The first kappa shape index (κ1) is 19.8. The second-order valence-electron chi connectivity index (χ2n) is 7.07. The molecule has 2 fully saturated rings. The molecule has 0 aromatic carbocycles. The van der Waals surface area contributed by atoms with E-state index in [0.717, 1.165) is 42.9 Å². The van der Waals surface area contributed by atoms with Gasteiger partial charge in [-0.1, -0.05) is 6.07 Å². The minimum atomic E-state index is 0. The Balaban J connectivity index is 0.00000210. The summed E-state index contributed by atoms with van der Waals surface area (Å²) < 4.78 is 1.98. The molecule has 3 heterocycles. The van der Waals surface area contributed by atoms with Crippen LogP contribution in [0.25, 0.3) is 0 Å². The summed E-state index contributed by atoms with van der Waals surface area (Å²) in [5.74, 6) is 3.70. The Morgan fingerprint density at radius 2 is 2.00 bits per heavy atom. The van der Waals surface area contributed by atoms with Crippen molar-refractivity contribution in [3.05, 3.63) is 36.0 Å². The Bertz CT molecular complexity index is 771. The van der Waals surface area contributed by atoms with E-state index in [0.29, 0.717) is 18.6 Å². The van der Waals surface area contributed by atoms with E-state index in [1.165, 1.54) is 12.8 Å². The lowest BCUT2D eigenvalue weighted by Crippen LogP contribution is -2.45. The van der Waals surface area contributed by atoms with Crippen molar-refractivity contribution in [2.75, 3.05) is 18.0 Å². The number of aliphatic imine (C=N–C) groups is 1. The van der Waals surface area contributed by atoms with Gasteiger partial charge in [-0.3, -0.25) is 0 Å². The normalized spacial score (nSPS) is 19.7. The summed E-state index contributed by atoms with van der Waals surface area (Å²) in [6.07, 6.45) is 5.36. The standard InChI is InChI=1S/C18H26N8.HI/c1-13-23-24-17(25(13)2)11-20-18(21-14-6-7-14)22-15-8-10-26(12-15)16-5-3-4-9-19-16;/h3-5,9,14-15H,6-8,10-12H2,1-2H3,(H2,20,21,22);1H. The first-order chi connectivity index (χ1) is 12.7. The fraction of sp³-hybridized carbons (Fsp3) is 0.556. The molecule has 0 amide bonds. The van der Waals surface area contributed by atoms with Crippen LogP contribution < -0.4 is 15.5 Å². The van der Waals surface area contributed by atoms with E-state index >= 15 is 0 Å². The van der Waals surface area contributed by atoms with E-state index < -0.39 is 0 Å². The van der Waals surface area contributed by atoms with Crippen LogP contribution in [0.4, 0.5) is 5.82 Å². The SMILES string of the molecule is Cc1nnc(CN=C(NC2CC2)NC2CCN(c3ccccn3)C2)n1C.I. The van der Waals surface area contributed by atoms with Gasteiger partial charge in [0.2, 0.25) is 0 Å². The molecule has 2 aromatic heterocycles. The van der Waals surface area contributed by atoms with Crippen LogP contribution in [0, 0.1) is 6.92 Å². The van der Waals surface area contributed by atoms with E-state index in [4.69, 9.17) is 4.99 Å². The molecule has 0 radical (unpaired) electrons. The molecule has 27 heavy (non-hydrogen) atoms. The number of pyridine rings is 1. The molecule has 2 aliphatic rings. The fourth-order valence-corrected chi connectivity index (χ4v) is 3.11. The largest absolute Gasteiger partial charge is 0.354 e. The maximum atomic E-state index is 4.75. The lowest BCUT2D eigenvalue weighted by Gasteiger charge is -2.19. The molecule has 1 aliphatic carbocycles. The molecular formula is C18H27IN8. The van der Waals surface area contributed by atoms with Gasteiger partial charge in [-0.2, -0.15) is 0 Å². The highest BCUT2D eigenvalue weighted by Gasteiger charge is 2.27. The lowest BCUT2D eigenvalue weighted by atomic mass is 10.3. The molecular weight excluding hydrogens is 455 g/mol. The van der Waals surface area contributed by atoms with Crippen molar-refractivity contribution >= 4 is 35.8 Å². The van der Waals surface area contributed by atoms with Crippen LogP contribution in [0.3, 0.4) is 0 Å². The third-order valence-electron chi connectivity index (χ3n) is 4.98. The Labute approximate surface area is 176 Å². The average molecular weight is 482 g/mol. The third-order valence-corrected chi connectivity index (χ3v) is 4.98. The summed E-state index contributed by atoms with van der Waals surface area (Å²) in [6, 6.07) is 6.97. The maximum Gasteiger partial charge on any atom is 0.192 e. The molecule has 0 spiro atoms. The van der Waals surface area contributed by atoms with Crippen molar-refractivity contribution in [2.24, 2.45) is 12.0 Å². The van der Waals surface area contributed by atoms with Gasteiger partial charge in [0.05, 0.1) is 0 Å². The van der Waals surface area contributed by atoms with Gasteiger partial charge in [-0.05, 0) is 38.3 Å². The second kappa shape index (κ2) is 8.85. The van der Waals surface area contributed by atoms with Gasteiger partial charge in [-0.25, -0.2) is 9.98 Å². The van der Waals surface area contributed by atoms with E-state index in [2.05, 4.69) is 36.8 Å². The van der Waals surface area contributed by atoms with Gasteiger partial charge >= 0.3 is 0 Å². The Morgan fingerprint density at radius 3 is 2.67 bits per heavy atom. The van der Waals surface area contributed by atoms with Gasteiger partial charge in [0.25, 0.3) is 0 Å². The molecule has 2 aromatic rings. The summed E-state index contributed by atoms with van der Waals surface area (Å²) in [6.45, 7) is 4.42. The molecule has 1 aliphatic heterocycles. The quantitative estimate of drug-likeness (QED) is 0.383. The number of guanidine groups is 1. The number of anilines is 1. The Hall–Kier alpha value is -1.91. The topological polar surface area (TPSA) is 83.3 Å². The van der Waals surface area contributed by atoms with E-state index in [1.807, 2.05) is 36.9 Å². The van der Waals surface area contributed by atoms with Gasteiger partial charge in [0.1, 0.15) is 18.2 Å². The van der Waals surface area contributed by atoms with Gasteiger partial charge in [0.15, 0.2) is 11.8 Å². The van der Waals surface area contributed by atoms with Crippen LogP contribution in [0.1, 0.15) is 30.9 Å². The molecule has 2 N–H and O–H groups in total. The molecule has 8 nitrogen and oxygen atoms in total. The Morgan fingerprint density at radius 1 is 1.19 bits per heavy atom. The third kappa shape index (κ3) is 5.08. The van der Waals surface area contributed by atoms with Crippen molar-refractivity contribution in [3.63, 3.8) is 0 Å². The number of nitrogens with one attached hydrogen (secondary N) is 2. The molecule has 1 atom stereocenters. The number of halogens is 1. The number of aromatic nitrogens is 4. The number of rotatable bonds is 5. The predicted molar refractivity (Wildman–Crippen MR) is 116 cm³/mol. The highest BCUT2D eigenvalue weighted by Crippen LogP contribution is 2.20. The average Bonchev–Trinajstić information content (AvgIpc) is 3.26. The molecule has 1 unspecified atom stereocenters. The molecule has 146 valence electrons. The predicted octanol–water partition coefficient (Wildman–Crippen LogP) is 1.61. The van der Waals surface area contributed by atoms with E-state index in [1.54, 1.807) is 0 Å². The molecule has 1 saturated carbocycles. The van der Waals surface area contributed by atoms with Gasteiger partial charge in [-0.15, -0.1) is 34.2 Å². The summed E-state index contributed by atoms with van der Waals surface area (Å²) in [5, 5.41) is 15.4. The van der Waals surface area contributed by atoms with Crippen molar-refractivity contribution in [1.82, 2.24) is 30.4 Å². The first-order valence-electron chi connectivity index (χ1n) is 9.27. The second-order valence-corrected chi connectivity index (χ2v) is 7.07. The zero-order valence-corrected chi connectivity index (χ0v) is 18.1. The van der Waals surface area contributed by atoms with Gasteiger partial charge in [0, 0.05) is 38.4 Å². The maximum absolute atomic E-state index is 4.75. The summed E-state index contributed by atoms with van der Waals surface area (Å²) in [5.41, 5.74) is 0. The number of aryl methyl sites for hydroxylation is 1. The molecule has 4 rings (SSSR count). The van der Waals surface area contributed by atoms with Crippen LogP contribution in [0.15, 0.2) is 29.4 Å². The zero-order valence-electron chi connectivity index (χ0n) is 15.8.